The molecule has 0 saturated carbocycles. The van der Waals surface area contributed by atoms with E-state index in [1.807, 2.05) is 30.5 Å². The zero-order chi connectivity index (χ0) is 27.8. The van der Waals surface area contributed by atoms with Gasteiger partial charge >= 0.3 is 6.18 Å². The molecular weight excluding hydrogens is 513 g/mol. The third-order valence-corrected chi connectivity index (χ3v) is 6.97. The van der Waals surface area contributed by atoms with Gasteiger partial charge in [0.05, 0.1) is 40.5 Å². The van der Waals surface area contributed by atoms with E-state index in [2.05, 4.69) is 24.2 Å². The van der Waals surface area contributed by atoms with Crippen molar-refractivity contribution in [3.63, 3.8) is 0 Å². The molecule has 7 nitrogen and oxygen atoms in total. The largest absolute Gasteiger partial charge is 0.417 e. The van der Waals surface area contributed by atoms with Crippen molar-refractivity contribution in [2.75, 3.05) is 4.90 Å². The molecule has 3 aromatic rings. The number of alkyl halides is 3. The van der Waals surface area contributed by atoms with Crippen molar-refractivity contribution in [2.45, 2.75) is 58.8 Å². The van der Waals surface area contributed by atoms with Gasteiger partial charge in [-0.2, -0.15) is 18.4 Å². The normalized spacial score (nSPS) is 15.4. The number of nitriles is 1. The number of hydrogen-bond donors (Lipinski definition) is 0. The molecule has 1 fully saturated rings. The standard InChI is InChI=1S/C27H27F3N6OS/c1-17(2)5-9-20-16-35(33-32-20)21-10-6-18(7-11-21)15-34-25(38)36(24(37)26(34,3)4)22-12-8-19(14-31)23(13-22)27(28,29)30/h6-8,10-13,16-17H,5,9,15H2,1-4H3. The predicted molar refractivity (Wildman–Crippen MR) is 140 cm³/mol. The molecule has 2 heterocycles. The molecule has 1 saturated heterocycles. The molecule has 0 spiro atoms. The summed E-state index contributed by atoms with van der Waals surface area (Å²) in [4.78, 5) is 16.1. The van der Waals surface area contributed by atoms with Crippen LogP contribution in [0.1, 0.15) is 56.5 Å². The van der Waals surface area contributed by atoms with Crippen LogP contribution in [0.2, 0.25) is 0 Å². The SMILES string of the molecule is CC(C)CCc1cn(-c2ccc(CN3C(=S)N(c4ccc(C#N)c(C(F)(F)F)c4)C(=O)C3(C)C)cc2)nn1. The van der Waals surface area contributed by atoms with Crippen LogP contribution in [0.5, 0.6) is 0 Å². The molecule has 0 N–H and O–H groups in total. The van der Waals surface area contributed by atoms with Crippen LogP contribution in [-0.2, 0) is 23.9 Å². The van der Waals surface area contributed by atoms with E-state index in [4.69, 9.17) is 17.5 Å². The first kappa shape index (κ1) is 27.3. The Morgan fingerprint density at radius 1 is 1.11 bits per heavy atom. The number of nitrogens with zero attached hydrogens (tertiary/aromatic N) is 6. The molecule has 1 amide bonds. The Bertz CT molecular complexity index is 1410. The summed E-state index contributed by atoms with van der Waals surface area (Å²) in [6.07, 6.45) is -0.967. The van der Waals surface area contributed by atoms with Crippen LogP contribution < -0.4 is 4.90 Å². The van der Waals surface area contributed by atoms with Gasteiger partial charge in [-0.3, -0.25) is 9.69 Å². The van der Waals surface area contributed by atoms with Gasteiger partial charge in [0.15, 0.2) is 5.11 Å². The summed E-state index contributed by atoms with van der Waals surface area (Å²) in [5.41, 5.74) is -0.155. The summed E-state index contributed by atoms with van der Waals surface area (Å²) in [5.74, 6) is 0.125. The number of thiocarbonyl (C=S) groups is 1. The Morgan fingerprint density at radius 3 is 2.37 bits per heavy atom. The highest BCUT2D eigenvalue weighted by Gasteiger charge is 2.49. The van der Waals surface area contributed by atoms with Gasteiger partial charge in [0.2, 0.25) is 0 Å². The summed E-state index contributed by atoms with van der Waals surface area (Å²) in [6.45, 7) is 7.95. The number of aryl methyl sites for hydroxylation is 1. The van der Waals surface area contributed by atoms with Crippen LogP contribution >= 0.6 is 12.2 Å². The molecule has 0 bridgehead atoms. The van der Waals surface area contributed by atoms with E-state index >= 15 is 0 Å². The summed E-state index contributed by atoms with van der Waals surface area (Å²) >= 11 is 5.58. The van der Waals surface area contributed by atoms with Crippen molar-refractivity contribution in [3.8, 4) is 11.8 Å². The lowest BCUT2D eigenvalue weighted by Crippen LogP contribution is -2.43. The van der Waals surface area contributed by atoms with Crippen molar-refractivity contribution in [1.29, 1.82) is 5.26 Å². The third-order valence-electron chi connectivity index (χ3n) is 6.57. The Kier molecular flexibility index (Phi) is 7.30. The van der Waals surface area contributed by atoms with E-state index in [0.29, 0.717) is 5.92 Å². The number of halogens is 3. The topological polar surface area (TPSA) is 78.0 Å². The number of rotatable bonds is 7. The Balaban J connectivity index is 1.55. The number of aromatic nitrogens is 3. The molecule has 38 heavy (non-hydrogen) atoms. The minimum atomic E-state index is -4.75. The second kappa shape index (κ2) is 10.2. The molecule has 0 atom stereocenters. The van der Waals surface area contributed by atoms with E-state index < -0.39 is 28.7 Å². The van der Waals surface area contributed by atoms with Gasteiger partial charge in [-0.15, -0.1) is 5.10 Å². The van der Waals surface area contributed by atoms with Crippen LogP contribution in [0.25, 0.3) is 5.69 Å². The molecule has 198 valence electrons. The van der Waals surface area contributed by atoms with Crippen molar-refractivity contribution in [2.24, 2.45) is 5.92 Å². The second-order valence-corrected chi connectivity index (χ2v) is 10.5. The molecule has 1 aliphatic heterocycles. The first-order chi connectivity index (χ1) is 17.8. The molecule has 0 unspecified atom stereocenters. The second-order valence-electron chi connectivity index (χ2n) is 10.2. The summed E-state index contributed by atoms with van der Waals surface area (Å²) in [7, 11) is 0. The summed E-state index contributed by atoms with van der Waals surface area (Å²) in [5, 5.41) is 17.6. The van der Waals surface area contributed by atoms with Gasteiger partial charge in [0.1, 0.15) is 5.54 Å². The monoisotopic (exact) mass is 540 g/mol. The lowest BCUT2D eigenvalue weighted by atomic mass is 10.0. The van der Waals surface area contributed by atoms with Crippen LogP contribution in [0, 0.1) is 17.2 Å². The molecule has 1 aliphatic rings. The maximum atomic E-state index is 13.5. The Hall–Kier alpha value is -3.78. The van der Waals surface area contributed by atoms with Gasteiger partial charge in [-0.25, -0.2) is 4.68 Å². The number of benzene rings is 2. The minimum Gasteiger partial charge on any atom is -0.330 e. The lowest BCUT2D eigenvalue weighted by molar-refractivity contribution is -0.137. The van der Waals surface area contributed by atoms with Crippen LogP contribution in [0.15, 0.2) is 48.7 Å². The Labute approximate surface area is 224 Å². The fraction of sp³-hybridized carbons (Fsp3) is 0.370. The molecule has 2 aromatic carbocycles. The smallest absolute Gasteiger partial charge is 0.330 e. The van der Waals surface area contributed by atoms with Gasteiger partial charge < -0.3 is 4.90 Å². The molecular formula is C27H27F3N6OS. The molecule has 11 heteroatoms. The summed E-state index contributed by atoms with van der Waals surface area (Å²) in [6, 6.07) is 12.3. The average molecular weight is 541 g/mol. The molecule has 0 aliphatic carbocycles. The van der Waals surface area contributed by atoms with E-state index in [1.165, 1.54) is 6.07 Å². The maximum absolute atomic E-state index is 13.5. The maximum Gasteiger partial charge on any atom is 0.417 e. The number of carbonyl (C=O) groups excluding carboxylic acids is 1. The van der Waals surface area contributed by atoms with Crippen LogP contribution in [-0.4, -0.2) is 36.5 Å². The van der Waals surface area contributed by atoms with Crippen LogP contribution in [0.3, 0.4) is 0 Å². The van der Waals surface area contributed by atoms with Gasteiger partial charge in [-0.1, -0.05) is 31.2 Å². The number of anilines is 1. The van der Waals surface area contributed by atoms with Crippen molar-refractivity contribution < 1.29 is 18.0 Å². The third kappa shape index (κ3) is 5.27. The van der Waals surface area contributed by atoms with Gasteiger partial charge in [-0.05, 0) is 80.7 Å². The molecule has 4 rings (SSSR count). The highest BCUT2D eigenvalue weighted by Crippen LogP contribution is 2.38. The highest BCUT2D eigenvalue weighted by atomic mass is 32.1. The number of amides is 1. The fourth-order valence-electron chi connectivity index (χ4n) is 4.24. The zero-order valence-electron chi connectivity index (χ0n) is 21.5. The zero-order valence-corrected chi connectivity index (χ0v) is 22.3. The number of carbonyl (C=O) groups is 1. The minimum absolute atomic E-state index is 0.0308. The fourth-order valence-corrected chi connectivity index (χ4v) is 4.73. The van der Waals surface area contributed by atoms with E-state index in [1.54, 1.807) is 29.5 Å². The van der Waals surface area contributed by atoms with Crippen molar-refractivity contribution >= 4 is 28.9 Å². The first-order valence-electron chi connectivity index (χ1n) is 12.1. The first-order valence-corrected chi connectivity index (χ1v) is 12.5. The average Bonchev–Trinajstić information content (AvgIpc) is 3.40. The summed E-state index contributed by atoms with van der Waals surface area (Å²) < 4.78 is 42.3. The van der Waals surface area contributed by atoms with E-state index in [0.717, 1.165) is 46.8 Å². The predicted octanol–water partition coefficient (Wildman–Crippen LogP) is 5.66. The van der Waals surface area contributed by atoms with E-state index in [-0.39, 0.29) is 17.3 Å². The molecule has 0 radical (unpaired) electrons. The van der Waals surface area contributed by atoms with Crippen molar-refractivity contribution in [3.05, 3.63) is 71.0 Å². The van der Waals surface area contributed by atoms with Gasteiger partial charge in [0.25, 0.3) is 5.91 Å². The highest BCUT2D eigenvalue weighted by molar-refractivity contribution is 7.80. The van der Waals surface area contributed by atoms with Crippen LogP contribution in [0.4, 0.5) is 18.9 Å². The van der Waals surface area contributed by atoms with Crippen molar-refractivity contribution in [1.82, 2.24) is 19.9 Å². The quantitative estimate of drug-likeness (QED) is 0.360. The Morgan fingerprint density at radius 2 is 1.76 bits per heavy atom. The lowest BCUT2D eigenvalue weighted by Gasteiger charge is -2.29. The van der Waals surface area contributed by atoms with E-state index in [9.17, 15) is 18.0 Å². The van der Waals surface area contributed by atoms with Gasteiger partial charge in [0, 0.05) is 6.54 Å². The number of hydrogen-bond acceptors (Lipinski definition) is 5. The molecule has 1 aromatic heterocycles.